The molecule has 0 unspecified atom stereocenters. The summed E-state index contributed by atoms with van der Waals surface area (Å²) < 4.78 is 24.9. The van der Waals surface area contributed by atoms with Gasteiger partial charge in [0.25, 0.3) is 6.43 Å². The molecule has 1 rings (SSSR count). The summed E-state index contributed by atoms with van der Waals surface area (Å²) in [6.45, 7) is 0.507. The van der Waals surface area contributed by atoms with Crippen LogP contribution in [-0.2, 0) is 4.79 Å². The number of primary amides is 1. The number of hydrogen-bond acceptors (Lipinski definition) is 2. The van der Waals surface area contributed by atoms with Crippen LogP contribution in [0.3, 0.4) is 0 Å². The van der Waals surface area contributed by atoms with Gasteiger partial charge in [-0.15, -0.1) is 0 Å². The molecule has 1 saturated heterocycles. The lowest BCUT2D eigenvalue weighted by Gasteiger charge is -2.33. The van der Waals surface area contributed by atoms with E-state index >= 15 is 0 Å². The fraction of sp³-hybridized carbons (Fsp3) is 0.875. The molecule has 1 aliphatic rings. The molecule has 2 N–H and O–H groups in total. The number of nitrogens with two attached hydrogens (primary N) is 1. The molecule has 0 aliphatic carbocycles. The van der Waals surface area contributed by atoms with Crippen LogP contribution in [0, 0.1) is 0 Å². The second kappa shape index (κ2) is 4.50. The van der Waals surface area contributed by atoms with E-state index in [-0.39, 0.29) is 6.54 Å². The van der Waals surface area contributed by atoms with E-state index < -0.39 is 18.4 Å². The van der Waals surface area contributed by atoms with Gasteiger partial charge in [0.2, 0.25) is 5.91 Å². The van der Waals surface area contributed by atoms with E-state index in [0.29, 0.717) is 13.0 Å². The minimum atomic E-state index is -2.38. The van der Waals surface area contributed by atoms with Gasteiger partial charge in [0.1, 0.15) is 0 Å². The van der Waals surface area contributed by atoms with Crippen LogP contribution in [0.5, 0.6) is 0 Å². The number of nitrogens with zero attached hydrogens (tertiary/aromatic N) is 1. The molecule has 76 valence electrons. The number of halogens is 2. The zero-order chi connectivity index (χ0) is 9.84. The van der Waals surface area contributed by atoms with Crippen LogP contribution < -0.4 is 5.73 Å². The average Bonchev–Trinajstić information content (AvgIpc) is 2.03. The van der Waals surface area contributed by atoms with Crippen molar-refractivity contribution in [2.45, 2.75) is 31.7 Å². The van der Waals surface area contributed by atoms with Gasteiger partial charge in [-0.2, -0.15) is 0 Å². The summed E-state index contributed by atoms with van der Waals surface area (Å²) in [6, 6.07) is -0.777. The van der Waals surface area contributed by atoms with E-state index in [9.17, 15) is 13.6 Å². The lowest BCUT2D eigenvalue weighted by atomic mass is 10.0. The minimum absolute atomic E-state index is 0.0466. The molecule has 5 heteroatoms. The first-order chi connectivity index (χ1) is 6.11. The van der Waals surface area contributed by atoms with Gasteiger partial charge in [0.05, 0.1) is 12.6 Å². The number of hydrogen-bond donors (Lipinski definition) is 1. The third-order valence-electron chi connectivity index (χ3n) is 2.31. The van der Waals surface area contributed by atoms with Crippen LogP contribution in [0.15, 0.2) is 0 Å². The molecule has 1 aliphatic heterocycles. The van der Waals surface area contributed by atoms with Crippen molar-refractivity contribution in [3.05, 3.63) is 0 Å². The highest BCUT2D eigenvalue weighted by Gasteiger charge is 2.30. The van der Waals surface area contributed by atoms with Crippen LogP contribution in [0.2, 0.25) is 0 Å². The van der Waals surface area contributed by atoms with Crippen molar-refractivity contribution in [3.8, 4) is 0 Å². The molecule has 0 bridgehead atoms. The van der Waals surface area contributed by atoms with Crippen LogP contribution in [0.1, 0.15) is 19.3 Å². The van der Waals surface area contributed by atoms with Crippen molar-refractivity contribution in [1.29, 1.82) is 0 Å². The highest BCUT2D eigenvalue weighted by molar-refractivity contribution is 5.75. The molecular weight excluding hydrogens is 178 g/mol. The second-order valence-corrected chi connectivity index (χ2v) is 3.33. The molecule has 0 spiro atoms. The van der Waals surface area contributed by atoms with Gasteiger partial charge in [-0.05, 0) is 19.4 Å². The van der Waals surface area contributed by atoms with Crippen LogP contribution in [-0.4, -0.2) is 36.4 Å². The number of rotatable bonds is 3. The molecular formula is C8H14F2N2O. The Kier molecular flexibility index (Phi) is 3.59. The molecule has 0 radical (unpaired) electrons. The van der Waals surface area contributed by atoms with E-state index in [0.717, 1.165) is 12.8 Å². The van der Waals surface area contributed by atoms with Gasteiger partial charge in [0, 0.05) is 0 Å². The fourth-order valence-electron chi connectivity index (χ4n) is 1.70. The number of likely N-dealkylation sites (tertiary alicyclic amines) is 1. The third-order valence-corrected chi connectivity index (χ3v) is 2.31. The maximum atomic E-state index is 12.4. The SMILES string of the molecule is NC(=O)CN1CCCC[C@H]1C(F)F. The molecule has 1 fully saturated rings. The minimum Gasteiger partial charge on any atom is -0.369 e. The summed E-state index contributed by atoms with van der Waals surface area (Å²) in [5.41, 5.74) is 4.96. The molecule has 1 heterocycles. The summed E-state index contributed by atoms with van der Waals surface area (Å²) in [4.78, 5) is 12.1. The van der Waals surface area contributed by atoms with Crippen molar-refractivity contribution in [1.82, 2.24) is 4.90 Å². The van der Waals surface area contributed by atoms with E-state index in [1.807, 2.05) is 0 Å². The molecule has 0 aromatic carbocycles. The Labute approximate surface area is 75.9 Å². The molecule has 3 nitrogen and oxygen atoms in total. The maximum absolute atomic E-state index is 12.4. The molecule has 0 aromatic heterocycles. The number of amides is 1. The van der Waals surface area contributed by atoms with Gasteiger partial charge in [0.15, 0.2) is 0 Å². The Bertz CT molecular complexity index is 187. The number of carbonyl (C=O) groups excluding carboxylic acids is 1. The van der Waals surface area contributed by atoms with Crippen LogP contribution in [0.25, 0.3) is 0 Å². The van der Waals surface area contributed by atoms with E-state index in [1.54, 1.807) is 0 Å². The number of alkyl halides is 2. The Balaban J connectivity index is 2.51. The molecule has 0 saturated carbocycles. The zero-order valence-corrected chi connectivity index (χ0v) is 7.38. The normalized spacial score (nSPS) is 25.0. The molecule has 1 amide bonds. The van der Waals surface area contributed by atoms with Gasteiger partial charge < -0.3 is 5.73 Å². The monoisotopic (exact) mass is 192 g/mol. The molecule has 1 atom stereocenters. The van der Waals surface area contributed by atoms with Crippen molar-refractivity contribution >= 4 is 5.91 Å². The Morgan fingerprint density at radius 2 is 2.23 bits per heavy atom. The summed E-state index contributed by atoms with van der Waals surface area (Å²) in [5, 5.41) is 0. The molecule has 13 heavy (non-hydrogen) atoms. The standard InChI is InChI=1S/C8H14F2N2O/c9-8(10)6-3-1-2-4-12(6)5-7(11)13/h6,8H,1-5H2,(H2,11,13)/t6-/m0/s1. The topological polar surface area (TPSA) is 46.3 Å². The predicted octanol–water partition coefficient (Wildman–Crippen LogP) is 0.591. The second-order valence-electron chi connectivity index (χ2n) is 3.33. The van der Waals surface area contributed by atoms with Crippen LogP contribution >= 0.6 is 0 Å². The lowest BCUT2D eigenvalue weighted by molar-refractivity contribution is -0.121. The summed E-state index contributed by atoms with van der Waals surface area (Å²) >= 11 is 0. The Morgan fingerprint density at radius 1 is 1.54 bits per heavy atom. The highest BCUT2D eigenvalue weighted by Crippen LogP contribution is 2.21. The van der Waals surface area contributed by atoms with Crippen LogP contribution in [0.4, 0.5) is 8.78 Å². The average molecular weight is 192 g/mol. The Morgan fingerprint density at radius 3 is 2.77 bits per heavy atom. The van der Waals surface area contributed by atoms with Gasteiger partial charge in [-0.3, -0.25) is 9.69 Å². The summed E-state index contributed by atoms with van der Waals surface area (Å²) in [5.74, 6) is -0.535. The molecule has 0 aromatic rings. The van der Waals surface area contributed by atoms with E-state index in [4.69, 9.17) is 5.73 Å². The first kappa shape index (κ1) is 10.4. The first-order valence-electron chi connectivity index (χ1n) is 4.42. The van der Waals surface area contributed by atoms with E-state index in [2.05, 4.69) is 0 Å². The van der Waals surface area contributed by atoms with Crippen molar-refractivity contribution in [2.24, 2.45) is 5.73 Å². The number of piperidine rings is 1. The maximum Gasteiger partial charge on any atom is 0.253 e. The van der Waals surface area contributed by atoms with Gasteiger partial charge in [-0.1, -0.05) is 6.42 Å². The lowest BCUT2D eigenvalue weighted by Crippen LogP contribution is -2.47. The Hall–Kier alpha value is -0.710. The third kappa shape index (κ3) is 2.91. The summed E-state index contributed by atoms with van der Waals surface area (Å²) in [7, 11) is 0. The predicted molar refractivity (Wildman–Crippen MR) is 44.4 cm³/mol. The van der Waals surface area contributed by atoms with Gasteiger partial charge in [-0.25, -0.2) is 8.78 Å². The quantitative estimate of drug-likeness (QED) is 0.711. The van der Waals surface area contributed by atoms with Crippen molar-refractivity contribution < 1.29 is 13.6 Å². The van der Waals surface area contributed by atoms with Crippen molar-refractivity contribution in [2.75, 3.05) is 13.1 Å². The zero-order valence-electron chi connectivity index (χ0n) is 7.38. The first-order valence-corrected chi connectivity index (χ1v) is 4.42. The number of carbonyl (C=O) groups is 1. The van der Waals surface area contributed by atoms with E-state index in [1.165, 1.54) is 4.90 Å². The summed E-state index contributed by atoms with van der Waals surface area (Å²) in [6.07, 6.45) is -0.231. The smallest absolute Gasteiger partial charge is 0.253 e. The fourth-order valence-corrected chi connectivity index (χ4v) is 1.70. The van der Waals surface area contributed by atoms with Crippen molar-refractivity contribution in [3.63, 3.8) is 0 Å². The highest BCUT2D eigenvalue weighted by atomic mass is 19.3. The van der Waals surface area contributed by atoms with Gasteiger partial charge >= 0.3 is 0 Å². The largest absolute Gasteiger partial charge is 0.369 e.